The number of carbonyl (C=O) groups excluding carboxylic acids is 1. The fourth-order valence-electron chi connectivity index (χ4n) is 0.252. The van der Waals surface area contributed by atoms with Gasteiger partial charge in [-0.2, -0.15) is 0 Å². The van der Waals surface area contributed by atoms with Crippen LogP contribution < -0.4 is 0 Å². The van der Waals surface area contributed by atoms with Gasteiger partial charge in [0, 0.05) is 5.92 Å². The van der Waals surface area contributed by atoms with Crippen molar-refractivity contribution in [3.8, 4) is 0 Å². The molecule has 0 heterocycles. The average molecular weight is 244 g/mol. The molecule has 0 saturated heterocycles. The molecular formula is C5H8Br2O. The van der Waals surface area contributed by atoms with Gasteiger partial charge in [0.25, 0.3) is 0 Å². The summed E-state index contributed by atoms with van der Waals surface area (Å²) in [5.41, 5.74) is 0. The van der Waals surface area contributed by atoms with Crippen molar-refractivity contribution < 1.29 is 4.79 Å². The average Bonchev–Trinajstić information content (AvgIpc) is 1.64. The Bertz CT molecular complexity index is 78.4. The number of rotatable bonds is 2. The molecule has 0 aromatic carbocycles. The summed E-state index contributed by atoms with van der Waals surface area (Å²) in [4.78, 5) is 10.7. The number of alkyl halides is 2. The van der Waals surface area contributed by atoms with Crippen molar-refractivity contribution >= 4 is 37.6 Å². The van der Waals surface area contributed by atoms with Crippen molar-refractivity contribution in [1.29, 1.82) is 0 Å². The first kappa shape index (κ1) is 8.63. The summed E-state index contributed by atoms with van der Waals surface area (Å²) in [5, 5.41) is 0. The van der Waals surface area contributed by atoms with Gasteiger partial charge in [-0.1, -0.05) is 45.7 Å². The molecule has 0 radical (unpaired) electrons. The first-order chi connectivity index (χ1) is 3.55. The van der Waals surface area contributed by atoms with Crippen LogP contribution in [0, 0.1) is 5.92 Å². The van der Waals surface area contributed by atoms with Gasteiger partial charge in [-0.15, -0.1) is 0 Å². The van der Waals surface area contributed by atoms with Crippen LogP contribution >= 0.6 is 31.9 Å². The summed E-state index contributed by atoms with van der Waals surface area (Å²) in [5.74, 6) is 0.295. The number of halogens is 2. The molecule has 0 amide bonds. The molecule has 1 nitrogen and oxygen atoms in total. The van der Waals surface area contributed by atoms with Crippen molar-refractivity contribution in [3.63, 3.8) is 0 Å². The lowest BCUT2D eigenvalue weighted by Gasteiger charge is -2.02. The van der Waals surface area contributed by atoms with Crippen LogP contribution in [0.4, 0.5) is 0 Å². The maximum Gasteiger partial charge on any atom is 0.159 e. The second-order valence-corrected chi connectivity index (χ2v) is 4.92. The van der Waals surface area contributed by atoms with E-state index in [9.17, 15) is 4.79 Å². The lowest BCUT2D eigenvalue weighted by Crippen LogP contribution is -2.13. The summed E-state index contributed by atoms with van der Waals surface area (Å²) in [6, 6.07) is 0. The Morgan fingerprint density at radius 1 is 1.38 bits per heavy atom. The fourth-order valence-corrected chi connectivity index (χ4v) is 1.31. The predicted octanol–water partition coefficient (Wildman–Crippen LogP) is 2.33. The third-order valence-electron chi connectivity index (χ3n) is 0.784. The van der Waals surface area contributed by atoms with Crippen LogP contribution in [-0.2, 0) is 4.79 Å². The molecule has 0 bridgehead atoms. The van der Waals surface area contributed by atoms with Crippen molar-refractivity contribution in [1.82, 2.24) is 0 Å². The minimum Gasteiger partial charge on any atom is -0.297 e. The van der Waals surface area contributed by atoms with Gasteiger partial charge in [0.15, 0.2) is 5.78 Å². The molecule has 0 atom stereocenters. The highest BCUT2D eigenvalue weighted by Crippen LogP contribution is 2.13. The Morgan fingerprint density at radius 2 is 1.75 bits per heavy atom. The van der Waals surface area contributed by atoms with Gasteiger partial charge in [0.1, 0.15) is 3.74 Å². The molecule has 0 fully saturated rings. The zero-order valence-corrected chi connectivity index (χ0v) is 7.99. The third kappa shape index (κ3) is 2.82. The van der Waals surface area contributed by atoms with Crippen LogP contribution in [0.2, 0.25) is 0 Å². The van der Waals surface area contributed by atoms with Gasteiger partial charge in [-0.3, -0.25) is 4.79 Å². The zero-order chi connectivity index (χ0) is 6.73. The van der Waals surface area contributed by atoms with E-state index >= 15 is 0 Å². The van der Waals surface area contributed by atoms with E-state index < -0.39 is 0 Å². The summed E-state index contributed by atoms with van der Waals surface area (Å²) in [6.45, 7) is 3.75. The maximum absolute atomic E-state index is 10.7. The van der Waals surface area contributed by atoms with E-state index in [4.69, 9.17) is 0 Å². The highest BCUT2D eigenvalue weighted by atomic mass is 79.9. The zero-order valence-electron chi connectivity index (χ0n) is 4.82. The second kappa shape index (κ2) is 3.62. The van der Waals surface area contributed by atoms with Crippen LogP contribution in [-0.4, -0.2) is 9.52 Å². The number of hydrogen-bond donors (Lipinski definition) is 0. The van der Waals surface area contributed by atoms with Gasteiger partial charge in [0.2, 0.25) is 0 Å². The van der Waals surface area contributed by atoms with E-state index in [2.05, 4.69) is 31.9 Å². The molecule has 0 aromatic heterocycles. The van der Waals surface area contributed by atoms with Crippen LogP contribution in [0.5, 0.6) is 0 Å². The topological polar surface area (TPSA) is 17.1 Å². The summed E-state index contributed by atoms with van der Waals surface area (Å²) >= 11 is 6.21. The van der Waals surface area contributed by atoms with Gasteiger partial charge in [-0.25, -0.2) is 0 Å². The number of ketones is 1. The van der Waals surface area contributed by atoms with E-state index in [1.165, 1.54) is 0 Å². The molecule has 0 aliphatic carbocycles. The number of hydrogen-bond acceptors (Lipinski definition) is 1. The second-order valence-electron chi connectivity index (χ2n) is 1.86. The van der Waals surface area contributed by atoms with Crippen LogP contribution in [0.15, 0.2) is 0 Å². The lowest BCUT2D eigenvalue weighted by atomic mass is 10.1. The highest BCUT2D eigenvalue weighted by Gasteiger charge is 2.13. The molecule has 0 spiro atoms. The summed E-state index contributed by atoms with van der Waals surface area (Å²) in [6.07, 6.45) is 0. The molecule has 0 rings (SSSR count). The first-order valence-electron chi connectivity index (χ1n) is 2.37. The molecule has 8 heavy (non-hydrogen) atoms. The van der Waals surface area contributed by atoms with E-state index in [1.807, 2.05) is 13.8 Å². The molecule has 0 aliphatic rings. The van der Waals surface area contributed by atoms with E-state index in [1.54, 1.807) is 0 Å². The minimum absolute atomic E-state index is 0.110. The Morgan fingerprint density at radius 3 is 1.75 bits per heavy atom. The Hall–Kier alpha value is 0.630. The van der Waals surface area contributed by atoms with Crippen molar-refractivity contribution in [2.75, 3.05) is 0 Å². The number of Topliss-reactive ketones (excluding diaryl/α,β-unsaturated/α-hetero) is 1. The smallest absolute Gasteiger partial charge is 0.159 e. The normalized spacial score (nSPS) is 10.8. The number of carbonyl (C=O) groups is 1. The molecule has 48 valence electrons. The Labute approximate surface area is 66.1 Å². The Balaban J connectivity index is 3.65. The monoisotopic (exact) mass is 242 g/mol. The van der Waals surface area contributed by atoms with Crippen LogP contribution in [0.3, 0.4) is 0 Å². The largest absolute Gasteiger partial charge is 0.297 e. The van der Waals surface area contributed by atoms with Crippen LogP contribution in [0.25, 0.3) is 0 Å². The molecule has 0 aliphatic heterocycles. The quantitative estimate of drug-likeness (QED) is 0.681. The molecule has 0 saturated carbocycles. The molecule has 0 aromatic rings. The summed E-state index contributed by atoms with van der Waals surface area (Å²) in [7, 11) is 0. The predicted molar refractivity (Wildman–Crippen MR) is 41.5 cm³/mol. The van der Waals surface area contributed by atoms with Crippen LogP contribution in [0.1, 0.15) is 13.8 Å². The Kier molecular flexibility index (Phi) is 3.90. The molecular weight excluding hydrogens is 236 g/mol. The lowest BCUT2D eigenvalue weighted by molar-refractivity contribution is -0.119. The SMILES string of the molecule is CC(C)C(=O)C(Br)Br. The fraction of sp³-hybridized carbons (Fsp3) is 0.800. The standard InChI is InChI=1S/C5H8Br2O/c1-3(2)4(8)5(6)7/h3,5H,1-2H3. The van der Waals surface area contributed by atoms with Gasteiger partial charge in [-0.05, 0) is 0 Å². The van der Waals surface area contributed by atoms with E-state index in [0.29, 0.717) is 0 Å². The summed E-state index contributed by atoms with van der Waals surface area (Å²) < 4.78 is -0.171. The first-order valence-corrected chi connectivity index (χ1v) is 4.20. The third-order valence-corrected chi connectivity index (χ3v) is 1.69. The molecule has 0 N–H and O–H groups in total. The minimum atomic E-state index is -0.171. The molecule has 0 unspecified atom stereocenters. The van der Waals surface area contributed by atoms with Crippen molar-refractivity contribution in [2.45, 2.75) is 17.6 Å². The van der Waals surface area contributed by atoms with Crippen molar-refractivity contribution in [2.24, 2.45) is 5.92 Å². The van der Waals surface area contributed by atoms with E-state index in [-0.39, 0.29) is 15.4 Å². The highest BCUT2D eigenvalue weighted by molar-refractivity contribution is 9.25. The van der Waals surface area contributed by atoms with Gasteiger partial charge in [0.05, 0.1) is 0 Å². The van der Waals surface area contributed by atoms with Gasteiger partial charge < -0.3 is 0 Å². The van der Waals surface area contributed by atoms with Crippen molar-refractivity contribution in [3.05, 3.63) is 0 Å². The maximum atomic E-state index is 10.7. The molecule has 3 heteroatoms. The van der Waals surface area contributed by atoms with E-state index in [0.717, 1.165) is 0 Å². The van der Waals surface area contributed by atoms with Gasteiger partial charge >= 0.3 is 0 Å².